The number of carbonyl (C=O) groups excluding carboxylic acids is 2. The Kier molecular flexibility index (Phi) is 5.29. The van der Waals surface area contributed by atoms with Gasteiger partial charge in [-0.05, 0) is 19.3 Å². The van der Waals surface area contributed by atoms with Crippen molar-refractivity contribution in [3.05, 3.63) is 24.3 Å². The molecule has 19 heavy (non-hydrogen) atoms. The van der Waals surface area contributed by atoms with E-state index < -0.39 is 30.1 Å². The minimum atomic E-state index is -1.09. The highest BCUT2D eigenvalue weighted by Gasteiger charge is 2.31. The molecule has 6 nitrogen and oxygen atoms in total. The standard InChI is InChI=1S/C13H16O6/c1-3-11(14)18-8(2)19-13(17)10-7-5-4-6-9(10)12(15)16/h3,7-9H,1,4-6H2,2H3,(H,15,16). The van der Waals surface area contributed by atoms with Crippen LogP contribution in [-0.4, -0.2) is 29.3 Å². The summed E-state index contributed by atoms with van der Waals surface area (Å²) in [4.78, 5) is 33.8. The lowest BCUT2D eigenvalue weighted by atomic mass is 9.88. The van der Waals surface area contributed by atoms with Crippen LogP contribution < -0.4 is 0 Å². The molecule has 0 fully saturated rings. The van der Waals surface area contributed by atoms with Gasteiger partial charge in [0.15, 0.2) is 0 Å². The fourth-order valence-corrected chi connectivity index (χ4v) is 1.81. The summed E-state index contributed by atoms with van der Waals surface area (Å²) in [6.45, 7) is 4.59. The number of hydrogen-bond donors (Lipinski definition) is 1. The first-order chi connectivity index (χ1) is 8.95. The zero-order valence-corrected chi connectivity index (χ0v) is 10.6. The van der Waals surface area contributed by atoms with Crippen LogP contribution in [-0.2, 0) is 23.9 Å². The number of ether oxygens (including phenoxy) is 2. The summed E-state index contributed by atoms with van der Waals surface area (Å²) < 4.78 is 9.56. The zero-order chi connectivity index (χ0) is 14.4. The second kappa shape index (κ2) is 6.72. The molecule has 0 bridgehead atoms. The third-order valence-corrected chi connectivity index (χ3v) is 2.69. The van der Waals surface area contributed by atoms with Crippen LogP contribution in [0.15, 0.2) is 24.3 Å². The van der Waals surface area contributed by atoms with E-state index in [1.807, 2.05) is 0 Å². The van der Waals surface area contributed by atoms with Gasteiger partial charge in [-0.3, -0.25) is 4.79 Å². The molecule has 0 aromatic carbocycles. The molecule has 0 radical (unpaired) electrons. The van der Waals surface area contributed by atoms with Crippen LogP contribution in [0.5, 0.6) is 0 Å². The number of carboxylic acid groups (broad SMARTS) is 1. The minimum absolute atomic E-state index is 0.111. The Hall–Kier alpha value is -2.11. The number of carboxylic acids is 1. The Labute approximate surface area is 110 Å². The minimum Gasteiger partial charge on any atom is -0.481 e. The molecule has 1 N–H and O–H groups in total. The molecule has 1 aliphatic carbocycles. The molecule has 104 valence electrons. The summed E-state index contributed by atoms with van der Waals surface area (Å²) in [5, 5.41) is 9.03. The summed E-state index contributed by atoms with van der Waals surface area (Å²) >= 11 is 0. The van der Waals surface area contributed by atoms with Gasteiger partial charge in [0, 0.05) is 18.6 Å². The van der Waals surface area contributed by atoms with Crippen molar-refractivity contribution in [3.8, 4) is 0 Å². The van der Waals surface area contributed by atoms with E-state index in [2.05, 4.69) is 11.3 Å². The molecule has 1 aliphatic rings. The van der Waals surface area contributed by atoms with Gasteiger partial charge >= 0.3 is 17.9 Å². The van der Waals surface area contributed by atoms with Crippen LogP contribution in [0.25, 0.3) is 0 Å². The second-order valence-corrected chi connectivity index (χ2v) is 4.10. The molecule has 2 atom stereocenters. The first-order valence-corrected chi connectivity index (χ1v) is 5.92. The van der Waals surface area contributed by atoms with E-state index in [4.69, 9.17) is 9.84 Å². The van der Waals surface area contributed by atoms with Gasteiger partial charge in [0.2, 0.25) is 6.29 Å². The van der Waals surface area contributed by atoms with Crippen molar-refractivity contribution in [1.82, 2.24) is 0 Å². The van der Waals surface area contributed by atoms with Crippen molar-refractivity contribution in [3.63, 3.8) is 0 Å². The highest BCUT2D eigenvalue weighted by atomic mass is 16.7. The molecule has 0 aromatic rings. The average Bonchev–Trinajstić information content (AvgIpc) is 2.38. The molecular weight excluding hydrogens is 252 g/mol. The van der Waals surface area contributed by atoms with Crippen LogP contribution in [0, 0.1) is 5.92 Å². The van der Waals surface area contributed by atoms with Gasteiger partial charge in [-0.25, -0.2) is 9.59 Å². The van der Waals surface area contributed by atoms with Gasteiger partial charge in [-0.1, -0.05) is 12.7 Å². The first kappa shape index (κ1) is 14.9. The van der Waals surface area contributed by atoms with E-state index in [-0.39, 0.29) is 5.57 Å². The lowest BCUT2D eigenvalue weighted by molar-refractivity contribution is -0.179. The third kappa shape index (κ3) is 4.24. The fourth-order valence-electron chi connectivity index (χ4n) is 1.81. The molecule has 0 amide bonds. The quantitative estimate of drug-likeness (QED) is 0.460. The largest absolute Gasteiger partial charge is 0.481 e. The van der Waals surface area contributed by atoms with E-state index in [9.17, 15) is 14.4 Å². The van der Waals surface area contributed by atoms with Gasteiger partial charge < -0.3 is 14.6 Å². The van der Waals surface area contributed by atoms with Crippen molar-refractivity contribution in [1.29, 1.82) is 0 Å². The molecule has 6 heteroatoms. The number of esters is 2. The normalized spacial score (nSPS) is 19.8. The van der Waals surface area contributed by atoms with Crippen LogP contribution in [0.4, 0.5) is 0 Å². The van der Waals surface area contributed by atoms with Crippen LogP contribution in [0.3, 0.4) is 0 Å². The van der Waals surface area contributed by atoms with E-state index in [1.165, 1.54) is 6.92 Å². The van der Waals surface area contributed by atoms with Crippen molar-refractivity contribution < 1.29 is 29.0 Å². The zero-order valence-electron chi connectivity index (χ0n) is 10.6. The van der Waals surface area contributed by atoms with Gasteiger partial charge in [-0.15, -0.1) is 0 Å². The van der Waals surface area contributed by atoms with Crippen molar-refractivity contribution in [2.45, 2.75) is 32.5 Å². The predicted octanol–water partition coefficient (Wildman–Crippen LogP) is 1.42. The summed E-state index contributed by atoms with van der Waals surface area (Å²) in [6, 6.07) is 0. The fraction of sp³-hybridized carbons (Fsp3) is 0.462. The summed E-state index contributed by atoms with van der Waals surface area (Å²) in [5.74, 6) is -3.40. The summed E-state index contributed by atoms with van der Waals surface area (Å²) in [6.07, 6.45) is 3.17. The van der Waals surface area contributed by atoms with Crippen molar-refractivity contribution in [2.75, 3.05) is 0 Å². The predicted molar refractivity (Wildman–Crippen MR) is 64.9 cm³/mol. The maximum Gasteiger partial charge on any atom is 0.337 e. The number of carbonyl (C=O) groups is 3. The maximum absolute atomic E-state index is 11.8. The topological polar surface area (TPSA) is 89.9 Å². The molecule has 0 aromatic heterocycles. The monoisotopic (exact) mass is 268 g/mol. The smallest absolute Gasteiger partial charge is 0.337 e. The number of allylic oxidation sites excluding steroid dienone is 1. The van der Waals surface area contributed by atoms with Crippen LogP contribution in [0.2, 0.25) is 0 Å². The van der Waals surface area contributed by atoms with Gasteiger partial charge in [0.25, 0.3) is 0 Å². The highest BCUT2D eigenvalue weighted by Crippen LogP contribution is 2.26. The SMILES string of the molecule is C=CC(=O)OC(C)OC(=O)C1=CCCCC1C(=O)O. The average molecular weight is 268 g/mol. The van der Waals surface area contributed by atoms with Crippen molar-refractivity contribution in [2.24, 2.45) is 5.92 Å². The maximum atomic E-state index is 11.8. The molecule has 0 aliphatic heterocycles. The van der Waals surface area contributed by atoms with E-state index in [0.29, 0.717) is 12.8 Å². The lowest BCUT2D eigenvalue weighted by Gasteiger charge is -2.21. The second-order valence-electron chi connectivity index (χ2n) is 4.10. The van der Waals surface area contributed by atoms with Crippen LogP contribution in [0.1, 0.15) is 26.2 Å². The third-order valence-electron chi connectivity index (χ3n) is 2.69. The van der Waals surface area contributed by atoms with Gasteiger partial charge in [-0.2, -0.15) is 0 Å². The van der Waals surface area contributed by atoms with E-state index >= 15 is 0 Å². The van der Waals surface area contributed by atoms with Gasteiger partial charge in [0.1, 0.15) is 0 Å². The Morgan fingerprint density at radius 2 is 2.16 bits per heavy atom. The molecule has 0 heterocycles. The number of rotatable bonds is 5. The highest BCUT2D eigenvalue weighted by molar-refractivity contribution is 5.95. The molecule has 1 rings (SSSR count). The van der Waals surface area contributed by atoms with Crippen molar-refractivity contribution >= 4 is 17.9 Å². The van der Waals surface area contributed by atoms with Gasteiger partial charge in [0.05, 0.1) is 5.92 Å². The summed E-state index contributed by atoms with van der Waals surface area (Å²) in [5.41, 5.74) is 0.111. The molecule has 0 saturated heterocycles. The Morgan fingerprint density at radius 3 is 2.74 bits per heavy atom. The Bertz CT molecular complexity index is 423. The number of hydrogen-bond acceptors (Lipinski definition) is 5. The number of aliphatic carboxylic acids is 1. The summed E-state index contributed by atoms with van der Waals surface area (Å²) in [7, 11) is 0. The van der Waals surface area contributed by atoms with Crippen LogP contribution >= 0.6 is 0 Å². The molecule has 0 spiro atoms. The molecular formula is C13H16O6. The van der Waals surface area contributed by atoms with E-state index in [0.717, 1.165) is 12.5 Å². The Balaban J connectivity index is 2.66. The Morgan fingerprint density at radius 1 is 1.47 bits per heavy atom. The molecule has 0 saturated carbocycles. The van der Waals surface area contributed by atoms with E-state index in [1.54, 1.807) is 6.08 Å². The molecule has 2 unspecified atom stereocenters. The lowest BCUT2D eigenvalue weighted by Crippen LogP contribution is -2.28. The first-order valence-electron chi connectivity index (χ1n) is 5.92.